The third-order valence-corrected chi connectivity index (χ3v) is 6.10. The smallest absolute Gasteiger partial charge is 0.339 e. The van der Waals surface area contributed by atoms with Crippen LogP contribution in [-0.2, 0) is 24.1 Å². The molecule has 1 saturated heterocycles. The Kier molecular flexibility index (Phi) is 6.01. The van der Waals surface area contributed by atoms with Gasteiger partial charge in [0.15, 0.2) is 5.69 Å². The van der Waals surface area contributed by atoms with Crippen LogP contribution >= 0.6 is 23.2 Å². The van der Waals surface area contributed by atoms with Crippen molar-refractivity contribution in [1.82, 2.24) is 19.6 Å². The summed E-state index contributed by atoms with van der Waals surface area (Å²) >= 11 is 12.2. The highest BCUT2D eigenvalue weighted by Crippen LogP contribution is 2.42. The van der Waals surface area contributed by atoms with Crippen LogP contribution in [0.25, 0.3) is 0 Å². The minimum absolute atomic E-state index is 0.0716. The van der Waals surface area contributed by atoms with Crippen molar-refractivity contribution >= 4 is 29.1 Å². The predicted molar refractivity (Wildman–Crippen MR) is 108 cm³/mol. The van der Waals surface area contributed by atoms with Gasteiger partial charge >= 0.3 is 6.18 Å². The maximum atomic E-state index is 13.0. The van der Waals surface area contributed by atoms with Crippen molar-refractivity contribution < 1.29 is 18.0 Å². The highest BCUT2D eigenvalue weighted by molar-refractivity contribution is 6.35. The van der Waals surface area contributed by atoms with E-state index < -0.39 is 11.9 Å². The summed E-state index contributed by atoms with van der Waals surface area (Å²) < 4.78 is 40.3. The third kappa shape index (κ3) is 4.92. The van der Waals surface area contributed by atoms with Crippen LogP contribution in [0.1, 0.15) is 35.7 Å². The van der Waals surface area contributed by atoms with E-state index >= 15 is 0 Å². The van der Waals surface area contributed by atoms with Crippen molar-refractivity contribution in [3.05, 3.63) is 51.3 Å². The molecule has 0 N–H and O–H groups in total. The molecule has 0 atom stereocenters. The number of benzene rings is 1. The molecule has 162 valence electrons. The minimum atomic E-state index is -4.51. The van der Waals surface area contributed by atoms with Crippen molar-refractivity contribution in [3.8, 4) is 0 Å². The molecule has 30 heavy (non-hydrogen) atoms. The van der Waals surface area contributed by atoms with E-state index in [4.69, 9.17) is 23.2 Å². The van der Waals surface area contributed by atoms with E-state index in [9.17, 15) is 18.0 Å². The third-order valence-electron chi connectivity index (χ3n) is 5.52. The number of hydrogen-bond acceptors (Lipinski definition) is 3. The Morgan fingerprint density at radius 3 is 2.40 bits per heavy atom. The number of halogens is 5. The molecule has 0 spiro atoms. The molecular weight excluding hydrogens is 440 g/mol. The van der Waals surface area contributed by atoms with Crippen LogP contribution < -0.4 is 0 Å². The van der Waals surface area contributed by atoms with Gasteiger partial charge in [0.1, 0.15) is 6.54 Å². The molecule has 2 heterocycles. The second kappa shape index (κ2) is 8.40. The highest BCUT2D eigenvalue weighted by atomic mass is 35.5. The number of rotatable bonds is 5. The first-order chi connectivity index (χ1) is 14.2. The van der Waals surface area contributed by atoms with Gasteiger partial charge in [-0.2, -0.15) is 18.3 Å². The highest BCUT2D eigenvalue weighted by Gasteiger charge is 2.38. The van der Waals surface area contributed by atoms with Gasteiger partial charge in [-0.25, -0.2) is 0 Å². The first-order valence-electron chi connectivity index (χ1n) is 9.79. The second-order valence-electron chi connectivity index (χ2n) is 7.78. The van der Waals surface area contributed by atoms with Crippen LogP contribution in [0.2, 0.25) is 10.0 Å². The van der Waals surface area contributed by atoms with Crippen molar-refractivity contribution in [2.24, 2.45) is 0 Å². The van der Waals surface area contributed by atoms with Crippen LogP contribution in [0, 0.1) is 0 Å². The summed E-state index contributed by atoms with van der Waals surface area (Å²) in [6.45, 7) is 2.83. The molecule has 1 aromatic carbocycles. The molecule has 2 aliphatic rings. The zero-order chi connectivity index (χ0) is 21.5. The largest absolute Gasteiger partial charge is 0.435 e. The van der Waals surface area contributed by atoms with Gasteiger partial charge in [-0.3, -0.25) is 14.4 Å². The van der Waals surface area contributed by atoms with Gasteiger partial charge in [-0.05, 0) is 36.6 Å². The molecule has 1 aromatic heterocycles. The fourth-order valence-corrected chi connectivity index (χ4v) is 4.15. The van der Waals surface area contributed by atoms with Gasteiger partial charge in [0.2, 0.25) is 5.91 Å². The molecule has 0 unspecified atom stereocenters. The van der Waals surface area contributed by atoms with Crippen molar-refractivity contribution in [3.63, 3.8) is 0 Å². The quantitative estimate of drug-likeness (QED) is 0.662. The molecule has 5 nitrogen and oxygen atoms in total. The summed E-state index contributed by atoms with van der Waals surface area (Å²) in [5.74, 6) is -0.139. The maximum absolute atomic E-state index is 13.0. The van der Waals surface area contributed by atoms with E-state index in [1.807, 2.05) is 6.07 Å². The number of aromatic nitrogens is 2. The molecule has 1 amide bonds. The van der Waals surface area contributed by atoms with Crippen molar-refractivity contribution in [2.75, 3.05) is 26.2 Å². The molecule has 1 aliphatic heterocycles. The van der Waals surface area contributed by atoms with Gasteiger partial charge in [-0.15, -0.1) is 0 Å². The van der Waals surface area contributed by atoms with Crippen LogP contribution in [-0.4, -0.2) is 51.7 Å². The van der Waals surface area contributed by atoms with Crippen LogP contribution in [0.5, 0.6) is 0 Å². The molecule has 1 saturated carbocycles. The van der Waals surface area contributed by atoms with E-state index in [1.165, 1.54) is 4.68 Å². The fraction of sp³-hybridized carbons (Fsp3) is 0.500. The van der Waals surface area contributed by atoms with Gasteiger partial charge in [0.25, 0.3) is 0 Å². The standard InChI is InChI=1S/C20H21Cl2F3N4O/c21-15-4-3-14(16(22)9-15)11-27-5-7-28(8-6-27)19(30)12-29-17(13-1-2-13)10-18(26-29)20(23,24)25/h3-4,9-10,13H,1-2,5-8,11-12H2. The summed E-state index contributed by atoms with van der Waals surface area (Å²) in [5.41, 5.74) is 0.541. The molecule has 4 rings (SSSR count). The Hall–Kier alpha value is -1.77. The molecule has 0 radical (unpaired) electrons. The first kappa shape index (κ1) is 21.5. The van der Waals surface area contributed by atoms with Gasteiger partial charge < -0.3 is 4.90 Å². The Morgan fingerprint density at radius 2 is 1.80 bits per heavy atom. The average molecular weight is 461 g/mol. The summed E-state index contributed by atoms with van der Waals surface area (Å²) in [4.78, 5) is 16.6. The fourth-order valence-electron chi connectivity index (χ4n) is 3.68. The topological polar surface area (TPSA) is 41.4 Å². The summed E-state index contributed by atoms with van der Waals surface area (Å²) in [6, 6.07) is 6.46. The van der Waals surface area contributed by atoms with E-state index in [0.717, 1.165) is 24.5 Å². The molecule has 10 heteroatoms. The zero-order valence-electron chi connectivity index (χ0n) is 16.1. The Bertz CT molecular complexity index is 935. The number of carbonyl (C=O) groups is 1. The average Bonchev–Trinajstić information content (AvgIpc) is 3.43. The molecular formula is C20H21Cl2F3N4O. The lowest BCUT2D eigenvalue weighted by Gasteiger charge is -2.35. The SMILES string of the molecule is O=C(Cn1nc(C(F)(F)F)cc1C1CC1)N1CCN(Cc2ccc(Cl)cc2Cl)CC1. The summed E-state index contributed by atoms with van der Waals surface area (Å²) in [7, 11) is 0. The van der Waals surface area contributed by atoms with E-state index in [1.54, 1.807) is 17.0 Å². The molecule has 1 aliphatic carbocycles. The summed E-state index contributed by atoms with van der Waals surface area (Å²) in [5, 5.41) is 4.86. The Balaban J connectivity index is 1.35. The predicted octanol–water partition coefficient (Wildman–Crippen LogP) is 4.43. The number of amides is 1. The lowest BCUT2D eigenvalue weighted by Crippen LogP contribution is -2.49. The van der Waals surface area contributed by atoms with Crippen molar-refractivity contribution in [2.45, 2.75) is 38.0 Å². The second-order valence-corrected chi connectivity index (χ2v) is 8.62. The van der Waals surface area contributed by atoms with E-state index in [-0.39, 0.29) is 18.4 Å². The molecule has 0 bridgehead atoms. The van der Waals surface area contributed by atoms with Crippen LogP contribution in [0.15, 0.2) is 24.3 Å². The number of piperazine rings is 1. The van der Waals surface area contributed by atoms with E-state index in [2.05, 4.69) is 10.00 Å². The van der Waals surface area contributed by atoms with E-state index in [0.29, 0.717) is 48.5 Å². The number of alkyl halides is 3. The van der Waals surface area contributed by atoms with Gasteiger partial charge in [0, 0.05) is 54.4 Å². The Morgan fingerprint density at radius 1 is 1.10 bits per heavy atom. The zero-order valence-corrected chi connectivity index (χ0v) is 17.6. The minimum Gasteiger partial charge on any atom is -0.339 e. The molecule has 2 aromatic rings. The van der Waals surface area contributed by atoms with Gasteiger partial charge in [-0.1, -0.05) is 29.3 Å². The number of carbonyl (C=O) groups excluding carboxylic acids is 1. The van der Waals surface area contributed by atoms with Crippen LogP contribution in [0.3, 0.4) is 0 Å². The maximum Gasteiger partial charge on any atom is 0.435 e. The number of nitrogens with zero attached hydrogens (tertiary/aromatic N) is 4. The lowest BCUT2D eigenvalue weighted by atomic mass is 10.2. The molecule has 2 fully saturated rings. The van der Waals surface area contributed by atoms with Crippen LogP contribution in [0.4, 0.5) is 13.2 Å². The monoisotopic (exact) mass is 460 g/mol. The normalized spacial score (nSPS) is 18.1. The number of hydrogen-bond donors (Lipinski definition) is 0. The first-order valence-corrected chi connectivity index (χ1v) is 10.6. The van der Waals surface area contributed by atoms with Gasteiger partial charge in [0.05, 0.1) is 0 Å². The van der Waals surface area contributed by atoms with Crippen molar-refractivity contribution in [1.29, 1.82) is 0 Å². The lowest BCUT2D eigenvalue weighted by molar-refractivity contribution is -0.142. The summed E-state index contributed by atoms with van der Waals surface area (Å²) in [6.07, 6.45) is -2.83. The Labute approximate surface area is 182 Å².